The number of hydrogen-bond acceptors (Lipinski definition) is 5. The summed E-state index contributed by atoms with van der Waals surface area (Å²) in [7, 11) is 1.90. The van der Waals surface area contributed by atoms with Gasteiger partial charge in [0, 0.05) is 4.70 Å². The minimum atomic E-state index is -0.206. The zero-order chi connectivity index (χ0) is 13.4. The van der Waals surface area contributed by atoms with Gasteiger partial charge in [-0.25, -0.2) is 4.39 Å². The molecule has 2 aromatic heterocycles. The van der Waals surface area contributed by atoms with Crippen LogP contribution in [0.4, 0.5) is 4.39 Å². The van der Waals surface area contributed by atoms with Gasteiger partial charge in [0.1, 0.15) is 10.8 Å². The van der Waals surface area contributed by atoms with E-state index in [0.717, 1.165) is 25.0 Å². The lowest BCUT2D eigenvalue weighted by atomic mass is 10.2. The Kier molecular flexibility index (Phi) is 3.30. The zero-order valence-electron chi connectivity index (χ0n) is 10.5. The predicted molar refractivity (Wildman–Crippen MR) is 78.2 cm³/mol. The van der Waals surface area contributed by atoms with Gasteiger partial charge < -0.3 is 5.32 Å². The molecule has 0 radical (unpaired) electrons. The summed E-state index contributed by atoms with van der Waals surface area (Å²) < 4.78 is 14.1. The standard InChI is InChI=1S/C13H12FN3S2/c1-7(15-2)12-16-17-13(19-12)11-5-8-3-4-9(14)6-10(8)18-11/h3-7,15H,1-2H3. The fourth-order valence-electron chi connectivity index (χ4n) is 1.74. The number of nitrogens with zero attached hydrogens (tertiary/aromatic N) is 2. The topological polar surface area (TPSA) is 37.8 Å². The highest BCUT2D eigenvalue weighted by molar-refractivity contribution is 7.25. The van der Waals surface area contributed by atoms with E-state index in [1.807, 2.05) is 20.0 Å². The zero-order valence-corrected chi connectivity index (χ0v) is 12.1. The number of rotatable bonds is 3. The van der Waals surface area contributed by atoms with E-state index in [1.165, 1.54) is 6.07 Å². The summed E-state index contributed by atoms with van der Waals surface area (Å²) >= 11 is 3.11. The summed E-state index contributed by atoms with van der Waals surface area (Å²) in [4.78, 5) is 1.03. The molecule has 1 N–H and O–H groups in total. The summed E-state index contributed by atoms with van der Waals surface area (Å²) in [5.74, 6) is -0.206. The van der Waals surface area contributed by atoms with Crippen molar-refractivity contribution in [1.29, 1.82) is 0 Å². The number of nitrogens with one attached hydrogen (secondary N) is 1. The quantitative estimate of drug-likeness (QED) is 0.797. The molecule has 0 aliphatic carbocycles. The van der Waals surface area contributed by atoms with Crippen LogP contribution in [0, 0.1) is 5.82 Å². The van der Waals surface area contributed by atoms with E-state index < -0.39 is 0 Å². The van der Waals surface area contributed by atoms with E-state index in [4.69, 9.17) is 0 Å². The summed E-state index contributed by atoms with van der Waals surface area (Å²) in [6.45, 7) is 2.05. The Hall–Kier alpha value is -1.37. The Morgan fingerprint density at radius 2 is 2.05 bits per heavy atom. The number of benzene rings is 1. The van der Waals surface area contributed by atoms with Crippen LogP contribution in [-0.4, -0.2) is 17.2 Å². The number of aromatic nitrogens is 2. The van der Waals surface area contributed by atoms with Crippen LogP contribution in [0.25, 0.3) is 20.0 Å². The molecule has 0 saturated carbocycles. The lowest BCUT2D eigenvalue weighted by Crippen LogP contribution is -2.11. The first-order valence-corrected chi connectivity index (χ1v) is 7.51. The second-order valence-electron chi connectivity index (χ2n) is 4.25. The Bertz CT molecular complexity index is 720. The molecule has 2 heterocycles. The highest BCUT2D eigenvalue weighted by atomic mass is 32.1. The third-order valence-corrected chi connectivity index (χ3v) is 5.31. The van der Waals surface area contributed by atoms with Gasteiger partial charge in [0.2, 0.25) is 0 Å². The predicted octanol–water partition coefficient (Wildman–Crippen LogP) is 3.84. The molecule has 0 bridgehead atoms. The Balaban J connectivity index is 2.01. The first-order chi connectivity index (χ1) is 9.17. The molecule has 0 amide bonds. The van der Waals surface area contributed by atoms with Crippen molar-refractivity contribution < 1.29 is 4.39 Å². The summed E-state index contributed by atoms with van der Waals surface area (Å²) in [5, 5.41) is 14.4. The fourth-order valence-corrected chi connectivity index (χ4v) is 3.78. The highest BCUT2D eigenvalue weighted by Gasteiger charge is 2.13. The molecule has 0 saturated heterocycles. The van der Waals surface area contributed by atoms with Crippen molar-refractivity contribution in [3.8, 4) is 9.88 Å². The summed E-state index contributed by atoms with van der Waals surface area (Å²) in [5.41, 5.74) is 0. The van der Waals surface area contributed by atoms with E-state index in [9.17, 15) is 4.39 Å². The van der Waals surface area contributed by atoms with E-state index in [1.54, 1.807) is 34.8 Å². The van der Waals surface area contributed by atoms with Gasteiger partial charge in [-0.3, -0.25) is 0 Å². The Morgan fingerprint density at radius 1 is 1.21 bits per heavy atom. The van der Waals surface area contributed by atoms with Gasteiger partial charge in [-0.2, -0.15) is 0 Å². The SMILES string of the molecule is CNC(C)c1nnc(-c2cc3ccc(F)cc3s2)s1. The van der Waals surface area contributed by atoms with E-state index in [2.05, 4.69) is 15.5 Å². The van der Waals surface area contributed by atoms with E-state index in [0.29, 0.717) is 0 Å². The van der Waals surface area contributed by atoms with Crippen LogP contribution in [0.15, 0.2) is 24.3 Å². The van der Waals surface area contributed by atoms with Crippen molar-refractivity contribution in [2.45, 2.75) is 13.0 Å². The van der Waals surface area contributed by atoms with Crippen molar-refractivity contribution in [3.05, 3.63) is 35.1 Å². The number of fused-ring (bicyclic) bond motifs is 1. The lowest BCUT2D eigenvalue weighted by molar-refractivity contribution is 0.630. The van der Waals surface area contributed by atoms with E-state index in [-0.39, 0.29) is 11.9 Å². The van der Waals surface area contributed by atoms with Crippen molar-refractivity contribution in [2.75, 3.05) is 7.05 Å². The second kappa shape index (κ2) is 4.96. The molecule has 3 nitrogen and oxygen atoms in total. The molecule has 3 aromatic rings. The van der Waals surface area contributed by atoms with Crippen molar-refractivity contribution in [3.63, 3.8) is 0 Å². The third-order valence-electron chi connectivity index (χ3n) is 2.94. The molecule has 19 heavy (non-hydrogen) atoms. The van der Waals surface area contributed by atoms with Crippen LogP contribution in [0.3, 0.4) is 0 Å². The van der Waals surface area contributed by atoms with Crippen LogP contribution in [-0.2, 0) is 0 Å². The summed E-state index contributed by atoms with van der Waals surface area (Å²) in [6.07, 6.45) is 0. The highest BCUT2D eigenvalue weighted by Crippen LogP contribution is 2.36. The first kappa shape index (κ1) is 12.7. The van der Waals surface area contributed by atoms with Gasteiger partial charge in [0.05, 0.1) is 10.9 Å². The average molecular weight is 293 g/mol. The largest absolute Gasteiger partial charge is 0.311 e. The van der Waals surface area contributed by atoms with Crippen LogP contribution < -0.4 is 5.32 Å². The number of hydrogen-bond donors (Lipinski definition) is 1. The Morgan fingerprint density at radius 3 is 2.84 bits per heavy atom. The normalized spacial score (nSPS) is 13.0. The third kappa shape index (κ3) is 2.39. The Labute approximate surface area is 118 Å². The van der Waals surface area contributed by atoms with Gasteiger partial charge in [-0.05, 0) is 37.6 Å². The van der Waals surface area contributed by atoms with Gasteiger partial charge >= 0.3 is 0 Å². The minimum absolute atomic E-state index is 0.193. The molecule has 0 spiro atoms. The molecule has 1 aromatic carbocycles. The molecule has 0 fully saturated rings. The maximum atomic E-state index is 13.2. The number of halogens is 1. The molecule has 1 atom stereocenters. The first-order valence-electron chi connectivity index (χ1n) is 5.87. The van der Waals surface area contributed by atoms with E-state index >= 15 is 0 Å². The molecule has 0 aliphatic rings. The van der Waals surface area contributed by atoms with Crippen molar-refractivity contribution >= 4 is 32.8 Å². The van der Waals surface area contributed by atoms with Crippen LogP contribution in [0.5, 0.6) is 0 Å². The van der Waals surface area contributed by atoms with Crippen molar-refractivity contribution in [1.82, 2.24) is 15.5 Å². The maximum absolute atomic E-state index is 13.2. The van der Waals surface area contributed by atoms with Gasteiger partial charge in [-0.15, -0.1) is 21.5 Å². The summed E-state index contributed by atoms with van der Waals surface area (Å²) in [6, 6.07) is 7.06. The second-order valence-corrected chi connectivity index (χ2v) is 6.34. The molecule has 6 heteroatoms. The molecule has 98 valence electrons. The van der Waals surface area contributed by atoms with Crippen LogP contribution >= 0.6 is 22.7 Å². The molecule has 3 rings (SSSR count). The molecule has 0 aliphatic heterocycles. The van der Waals surface area contributed by atoms with Crippen molar-refractivity contribution in [2.24, 2.45) is 0 Å². The number of thiophene rings is 1. The molecular weight excluding hydrogens is 281 g/mol. The molecule has 1 unspecified atom stereocenters. The van der Waals surface area contributed by atoms with Gasteiger partial charge in [-0.1, -0.05) is 17.4 Å². The fraction of sp³-hybridized carbons (Fsp3) is 0.231. The molecular formula is C13H12FN3S2. The monoisotopic (exact) mass is 293 g/mol. The van der Waals surface area contributed by atoms with Crippen LogP contribution in [0.1, 0.15) is 18.0 Å². The lowest BCUT2D eigenvalue weighted by Gasteiger charge is -2.02. The smallest absolute Gasteiger partial charge is 0.157 e. The minimum Gasteiger partial charge on any atom is -0.311 e. The van der Waals surface area contributed by atoms with Crippen LogP contribution in [0.2, 0.25) is 0 Å². The maximum Gasteiger partial charge on any atom is 0.157 e. The average Bonchev–Trinajstić information content (AvgIpc) is 3.03. The van der Waals surface area contributed by atoms with Gasteiger partial charge in [0.25, 0.3) is 0 Å². The van der Waals surface area contributed by atoms with Gasteiger partial charge in [0.15, 0.2) is 5.01 Å².